The zero-order chi connectivity index (χ0) is 41.2. The Hall–Kier alpha value is -3.98. The van der Waals surface area contributed by atoms with Crippen LogP contribution in [-0.2, 0) is 28.5 Å². The summed E-state index contributed by atoms with van der Waals surface area (Å²) < 4.78 is 19.6. The summed E-state index contributed by atoms with van der Waals surface area (Å²) in [6.07, 6.45) is 22.9. The minimum Gasteiger partial charge on any atom is -0.467 e. The molecular weight excluding hydrogens is 724 g/mol. The molecular formula is C40H74N6O10. The van der Waals surface area contributed by atoms with E-state index in [4.69, 9.17) is 9.47 Å². The second kappa shape index (κ2) is 33.2. The van der Waals surface area contributed by atoms with Crippen LogP contribution in [0.3, 0.4) is 0 Å². The van der Waals surface area contributed by atoms with Crippen LogP contribution in [0.5, 0.6) is 0 Å². The number of carbonyl (C=O) groups is 6. The van der Waals surface area contributed by atoms with Crippen LogP contribution in [0, 0.1) is 0 Å². The molecule has 16 nitrogen and oxygen atoms in total. The van der Waals surface area contributed by atoms with E-state index in [9.17, 15) is 28.8 Å². The van der Waals surface area contributed by atoms with Gasteiger partial charge in [0, 0.05) is 25.2 Å². The van der Waals surface area contributed by atoms with E-state index in [0.29, 0.717) is 13.1 Å². The molecule has 0 aromatic heterocycles. The average molecular weight is 799 g/mol. The molecule has 2 unspecified atom stereocenters. The highest BCUT2D eigenvalue weighted by Crippen LogP contribution is 2.18. The Kier molecular flexibility index (Phi) is 29.7. The van der Waals surface area contributed by atoms with Gasteiger partial charge in [0.05, 0.1) is 14.2 Å². The summed E-state index contributed by atoms with van der Waals surface area (Å²) >= 11 is 0. The highest BCUT2D eigenvalue weighted by Gasteiger charge is 2.26. The van der Waals surface area contributed by atoms with E-state index in [0.717, 1.165) is 89.9 Å². The van der Waals surface area contributed by atoms with Gasteiger partial charge in [-0.3, -0.25) is 0 Å². The van der Waals surface area contributed by atoms with Gasteiger partial charge in [0.2, 0.25) is 0 Å². The molecule has 0 radical (unpaired) electrons. The molecule has 0 saturated heterocycles. The van der Waals surface area contributed by atoms with Crippen LogP contribution in [0.25, 0.3) is 0 Å². The van der Waals surface area contributed by atoms with Crippen LogP contribution in [0.1, 0.15) is 155 Å². The molecule has 2 saturated carbocycles. The Morgan fingerprint density at radius 3 is 1.39 bits per heavy atom. The highest BCUT2D eigenvalue weighted by molar-refractivity contribution is 5.84. The van der Waals surface area contributed by atoms with Gasteiger partial charge in [-0.15, -0.1) is 0 Å². The fourth-order valence-corrected chi connectivity index (χ4v) is 6.49. The highest BCUT2D eigenvalue weighted by atomic mass is 16.6. The third-order valence-electron chi connectivity index (χ3n) is 9.83. The first-order chi connectivity index (χ1) is 27.1. The lowest BCUT2D eigenvalue weighted by Crippen LogP contribution is -2.51. The summed E-state index contributed by atoms with van der Waals surface area (Å²) in [6.45, 7) is 4.88. The van der Waals surface area contributed by atoms with Crippen LogP contribution in [0.2, 0.25) is 0 Å². The van der Waals surface area contributed by atoms with Crippen LogP contribution in [0.4, 0.5) is 19.2 Å². The Labute approximate surface area is 335 Å². The molecule has 2 aliphatic carbocycles. The normalized spacial score (nSPS) is 15.4. The predicted octanol–water partition coefficient (Wildman–Crippen LogP) is 6.49. The summed E-state index contributed by atoms with van der Waals surface area (Å²) in [4.78, 5) is 71.5. The van der Waals surface area contributed by atoms with Crippen molar-refractivity contribution < 1.29 is 47.7 Å². The van der Waals surface area contributed by atoms with Crippen LogP contribution in [0.15, 0.2) is 0 Å². The van der Waals surface area contributed by atoms with Crippen molar-refractivity contribution in [2.24, 2.45) is 0 Å². The minimum absolute atomic E-state index is 0.117. The Bertz CT molecular complexity index is 1100. The number of esters is 2. The molecule has 2 atom stereocenters. The molecule has 6 amide bonds. The third kappa shape index (κ3) is 26.0. The molecule has 324 valence electrons. The molecule has 0 aromatic rings. The second-order valence-corrected chi connectivity index (χ2v) is 14.6. The maximum Gasteiger partial charge on any atom is 0.407 e. The lowest BCUT2D eigenvalue weighted by atomic mass is 9.96. The van der Waals surface area contributed by atoms with Crippen molar-refractivity contribution in [2.75, 3.05) is 40.5 Å². The van der Waals surface area contributed by atoms with Crippen LogP contribution < -0.4 is 31.9 Å². The minimum atomic E-state index is -1.04. The quantitative estimate of drug-likeness (QED) is 0.0355. The van der Waals surface area contributed by atoms with Gasteiger partial charge < -0.3 is 50.8 Å². The zero-order valence-electron chi connectivity index (χ0n) is 34.8. The molecule has 0 spiro atoms. The molecule has 0 heterocycles. The van der Waals surface area contributed by atoms with E-state index in [-0.39, 0.29) is 25.3 Å². The number of alkyl carbamates (subject to hydrolysis) is 2. The first kappa shape index (κ1) is 50.0. The maximum atomic E-state index is 12.1. The Morgan fingerprint density at radius 2 is 0.911 bits per heavy atom. The summed E-state index contributed by atoms with van der Waals surface area (Å²) in [7, 11) is 2.46. The Morgan fingerprint density at radius 1 is 0.500 bits per heavy atom. The largest absolute Gasteiger partial charge is 0.467 e. The number of amides is 6. The van der Waals surface area contributed by atoms with Crippen LogP contribution in [-0.4, -0.2) is 101 Å². The molecule has 2 rings (SSSR count). The maximum absolute atomic E-state index is 12.1. The van der Waals surface area contributed by atoms with Crippen molar-refractivity contribution in [2.45, 2.75) is 179 Å². The number of hydrogen-bond donors (Lipinski definition) is 6. The first-order valence-corrected chi connectivity index (χ1v) is 21.2. The van der Waals surface area contributed by atoms with Gasteiger partial charge in [0.1, 0.15) is 13.2 Å². The van der Waals surface area contributed by atoms with Crippen molar-refractivity contribution in [3.63, 3.8) is 0 Å². The van der Waals surface area contributed by atoms with Gasteiger partial charge in [-0.05, 0) is 38.5 Å². The topological polar surface area (TPSA) is 212 Å². The first-order valence-electron chi connectivity index (χ1n) is 21.2. The number of carbonyl (C=O) groups excluding carboxylic acids is 6. The van der Waals surface area contributed by atoms with Crippen LogP contribution >= 0.6 is 0 Å². The predicted molar refractivity (Wildman–Crippen MR) is 214 cm³/mol. The fourth-order valence-electron chi connectivity index (χ4n) is 6.49. The molecule has 0 bridgehead atoms. The van der Waals surface area contributed by atoms with Gasteiger partial charge in [0.25, 0.3) is 0 Å². The number of rotatable bonds is 24. The summed E-state index contributed by atoms with van der Waals surface area (Å²) in [5.41, 5.74) is 0. The molecule has 2 fully saturated rings. The summed E-state index contributed by atoms with van der Waals surface area (Å²) in [5.74, 6) is -1.30. The standard InChI is InChI=1S/2C20H37N3O5/c1-3-4-5-6-7-11-14-21-20(26)28-15-17(18(24)27-2)23-19(25)22-16-12-9-8-10-13-16;1-3-4-5-6-7-11-14-21-19(25)23-17(18(24)27-2)15-28-20(26)22-16-12-9-8-10-13-16/h16-17H,3-15H2,1-2H3,(H,21,26)(H2,22,23,25);16-17H,3-15H2,1-2H3,(H,22,26)(H2,21,23,25). The monoisotopic (exact) mass is 799 g/mol. The Balaban J connectivity index is 0.000000560. The van der Waals surface area contributed by atoms with Gasteiger partial charge in [-0.25, -0.2) is 28.8 Å². The van der Waals surface area contributed by atoms with Crippen molar-refractivity contribution in [1.82, 2.24) is 31.9 Å². The lowest BCUT2D eigenvalue weighted by molar-refractivity contribution is -0.144. The average Bonchev–Trinajstić information content (AvgIpc) is 3.20. The van der Waals surface area contributed by atoms with Gasteiger partial charge in [0.15, 0.2) is 12.1 Å². The molecule has 6 N–H and O–H groups in total. The van der Waals surface area contributed by atoms with Gasteiger partial charge in [-0.2, -0.15) is 0 Å². The number of nitrogens with one attached hydrogen (secondary N) is 6. The van der Waals surface area contributed by atoms with Crippen molar-refractivity contribution >= 4 is 36.2 Å². The van der Waals surface area contributed by atoms with Crippen molar-refractivity contribution in [3.05, 3.63) is 0 Å². The van der Waals surface area contributed by atoms with Gasteiger partial charge >= 0.3 is 36.2 Å². The number of methoxy groups -OCH3 is 2. The molecule has 0 aliphatic heterocycles. The number of hydrogen-bond acceptors (Lipinski definition) is 10. The van der Waals surface area contributed by atoms with E-state index in [2.05, 4.69) is 55.2 Å². The lowest BCUT2D eigenvalue weighted by Gasteiger charge is -2.24. The van der Waals surface area contributed by atoms with Gasteiger partial charge in [-0.1, -0.05) is 117 Å². The molecule has 56 heavy (non-hydrogen) atoms. The number of urea groups is 2. The third-order valence-corrected chi connectivity index (χ3v) is 9.83. The second-order valence-electron chi connectivity index (χ2n) is 14.6. The van der Waals surface area contributed by atoms with E-state index >= 15 is 0 Å². The van der Waals surface area contributed by atoms with E-state index in [1.807, 2.05) is 0 Å². The van der Waals surface area contributed by atoms with E-state index in [1.54, 1.807) is 0 Å². The fraction of sp³-hybridized carbons (Fsp3) is 0.850. The SMILES string of the molecule is CCCCCCCCNC(=O)NC(COC(=O)NC1CCCCC1)C(=O)OC.CCCCCCCCNC(=O)OCC(NC(=O)NC1CCCCC1)C(=O)OC. The van der Waals surface area contributed by atoms with E-state index < -0.39 is 48.3 Å². The molecule has 0 aromatic carbocycles. The van der Waals surface area contributed by atoms with Crippen molar-refractivity contribution in [3.8, 4) is 0 Å². The smallest absolute Gasteiger partial charge is 0.407 e. The summed E-state index contributed by atoms with van der Waals surface area (Å²) in [6, 6.07) is -2.75. The van der Waals surface area contributed by atoms with E-state index in [1.165, 1.54) is 65.6 Å². The molecule has 16 heteroatoms. The van der Waals surface area contributed by atoms with Crippen molar-refractivity contribution in [1.29, 1.82) is 0 Å². The molecule has 2 aliphatic rings. The number of ether oxygens (including phenoxy) is 4. The zero-order valence-corrected chi connectivity index (χ0v) is 34.8. The number of unbranched alkanes of at least 4 members (excludes halogenated alkanes) is 10. The summed E-state index contributed by atoms with van der Waals surface area (Å²) in [5, 5.41) is 16.1.